The molecule has 2 aromatic heterocycles. The van der Waals surface area contributed by atoms with Gasteiger partial charge in [-0.25, -0.2) is 4.39 Å². The summed E-state index contributed by atoms with van der Waals surface area (Å²) in [6, 6.07) is 10.0. The van der Waals surface area contributed by atoms with Crippen molar-refractivity contribution in [3.63, 3.8) is 0 Å². The van der Waals surface area contributed by atoms with Crippen LogP contribution in [0, 0.1) is 5.82 Å². The van der Waals surface area contributed by atoms with E-state index in [1.165, 1.54) is 23.9 Å². The molecule has 0 saturated carbocycles. The van der Waals surface area contributed by atoms with Crippen LogP contribution < -0.4 is 0 Å². The minimum absolute atomic E-state index is 0.0413. The van der Waals surface area contributed by atoms with Crippen LogP contribution in [-0.2, 0) is 17.9 Å². The number of halogens is 1. The fraction of sp³-hybridized carbons (Fsp3) is 0.238. The first-order valence-corrected chi connectivity index (χ1v) is 10.2. The zero-order chi connectivity index (χ0) is 20.6. The highest BCUT2D eigenvalue weighted by molar-refractivity contribution is 7.99. The second-order valence-electron chi connectivity index (χ2n) is 6.27. The van der Waals surface area contributed by atoms with E-state index in [-0.39, 0.29) is 17.5 Å². The minimum Gasteiger partial charge on any atom is -0.338 e. The molecular weight excluding hydrogens is 389 g/mol. The number of carbonyl (C=O) groups is 1. The lowest BCUT2D eigenvalue weighted by atomic mass is 10.2. The predicted octanol–water partition coefficient (Wildman–Crippen LogP) is 3.81. The van der Waals surface area contributed by atoms with Crippen molar-refractivity contribution >= 4 is 17.7 Å². The second kappa shape index (κ2) is 9.97. The molecule has 150 valence electrons. The Hall–Kier alpha value is -3.00. The van der Waals surface area contributed by atoms with Gasteiger partial charge in [0.25, 0.3) is 0 Å². The van der Waals surface area contributed by atoms with E-state index in [1.54, 1.807) is 29.4 Å². The SMILES string of the molecule is C=CCn1c(SCC(=O)N(CC)Cc2cccc(F)c2)nnc1-c1ccncc1. The van der Waals surface area contributed by atoms with E-state index in [9.17, 15) is 9.18 Å². The number of thioether (sulfide) groups is 1. The van der Waals surface area contributed by atoms with Gasteiger partial charge in [0.15, 0.2) is 11.0 Å². The van der Waals surface area contributed by atoms with Crippen LogP contribution >= 0.6 is 11.8 Å². The number of allylic oxidation sites excluding steroid dienone is 1. The van der Waals surface area contributed by atoms with Crippen LogP contribution in [0.4, 0.5) is 4.39 Å². The monoisotopic (exact) mass is 411 g/mol. The number of carbonyl (C=O) groups excluding carboxylic acids is 1. The van der Waals surface area contributed by atoms with Crippen LogP contribution in [-0.4, -0.2) is 42.9 Å². The zero-order valence-electron chi connectivity index (χ0n) is 16.2. The van der Waals surface area contributed by atoms with Crippen molar-refractivity contribution in [1.82, 2.24) is 24.6 Å². The Kier molecular flexibility index (Phi) is 7.13. The Morgan fingerprint density at radius 1 is 1.28 bits per heavy atom. The third-order valence-corrected chi connectivity index (χ3v) is 5.24. The summed E-state index contributed by atoms with van der Waals surface area (Å²) in [5, 5.41) is 9.17. The van der Waals surface area contributed by atoms with Gasteiger partial charge in [0.1, 0.15) is 5.82 Å². The van der Waals surface area contributed by atoms with Gasteiger partial charge in [0.2, 0.25) is 5.91 Å². The Morgan fingerprint density at radius 2 is 2.07 bits per heavy atom. The Morgan fingerprint density at radius 3 is 2.76 bits per heavy atom. The quantitative estimate of drug-likeness (QED) is 0.396. The average Bonchev–Trinajstić information content (AvgIpc) is 3.14. The summed E-state index contributed by atoms with van der Waals surface area (Å²) < 4.78 is 15.3. The molecule has 0 atom stereocenters. The number of benzene rings is 1. The van der Waals surface area contributed by atoms with Crippen molar-refractivity contribution in [1.29, 1.82) is 0 Å². The van der Waals surface area contributed by atoms with Crippen LogP contribution in [0.15, 0.2) is 66.6 Å². The Bertz CT molecular complexity index is 976. The van der Waals surface area contributed by atoms with Crippen molar-refractivity contribution in [3.05, 3.63) is 72.8 Å². The van der Waals surface area contributed by atoms with Crippen LogP contribution in [0.2, 0.25) is 0 Å². The molecule has 0 aliphatic carbocycles. The number of rotatable bonds is 9. The molecule has 0 spiro atoms. The molecule has 0 radical (unpaired) electrons. The second-order valence-corrected chi connectivity index (χ2v) is 7.21. The molecule has 0 bridgehead atoms. The number of hydrogen-bond donors (Lipinski definition) is 0. The summed E-state index contributed by atoms with van der Waals surface area (Å²) in [7, 11) is 0. The number of amides is 1. The van der Waals surface area contributed by atoms with Gasteiger partial charge >= 0.3 is 0 Å². The van der Waals surface area contributed by atoms with Gasteiger partial charge in [-0.15, -0.1) is 16.8 Å². The van der Waals surface area contributed by atoms with Crippen LogP contribution in [0.5, 0.6) is 0 Å². The summed E-state index contributed by atoms with van der Waals surface area (Å²) >= 11 is 1.33. The van der Waals surface area contributed by atoms with Gasteiger partial charge in [-0.05, 0) is 36.8 Å². The van der Waals surface area contributed by atoms with E-state index in [1.807, 2.05) is 29.7 Å². The number of aromatic nitrogens is 4. The first-order valence-electron chi connectivity index (χ1n) is 9.22. The van der Waals surface area contributed by atoms with Gasteiger partial charge < -0.3 is 4.90 Å². The molecule has 6 nitrogen and oxygen atoms in total. The highest BCUT2D eigenvalue weighted by Crippen LogP contribution is 2.24. The number of pyridine rings is 1. The van der Waals surface area contributed by atoms with Crippen LogP contribution in [0.1, 0.15) is 12.5 Å². The van der Waals surface area contributed by atoms with Crippen molar-refractivity contribution < 1.29 is 9.18 Å². The number of hydrogen-bond acceptors (Lipinski definition) is 5. The molecule has 0 aliphatic heterocycles. The first kappa shape index (κ1) is 20.7. The van der Waals surface area contributed by atoms with Crippen molar-refractivity contribution in [3.8, 4) is 11.4 Å². The first-order chi connectivity index (χ1) is 14.1. The molecule has 0 unspecified atom stereocenters. The number of nitrogens with zero attached hydrogens (tertiary/aromatic N) is 5. The molecule has 0 N–H and O–H groups in total. The van der Waals surface area contributed by atoms with Gasteiger partial charge in [0, 0.05) is 37.6 Å². The highest BCUT2D eigenvalue weighted by atomic mass is 32.2. The third kappa shape index (κ3) is 5.29. The molecule has 2 heterocycles. The summed E-state index contributed by atoms with van der Waals surface area (Å²) in [5.41, 5.74) is 1.66. The minimum atomic E-state index is -0.304. The standard InChI is InChI=1S/C21H22FN5OS/c1-3-12-27-20(17-8-10-23-11-9-17)24-25-21(27)29-15-19(28)26(4-2)14-16-6-5-7-18(22)13-16/h3,5-11,13H,1,4,12,14-15H2,2H3. The van der Waals surface area contributed by atoms with E-state index in [2.05, 4.69) is 21.8 Å². The molecule has 3 rings (SSSR count). The molecule has 8 heteroatoms. The van der Waals surface area contributed by atoms with E-state index in [0.29, 0.717) is 30.6 Å². The molecule has 0 aliphatic rings. The Balaban J connectivity index is 1.70. The molecule has 29 heavy (non-hydrogen) atoms. The maximum absolute atomic E-state index is 13.4. The fourth-order valence-electron chi connectivity index (χ4n) is 2.85. The molecule has 3 aromatic rings. The van der Waals surface area contributed by atoms with E-state index in [4.69, 9.17) is 0 Å². The summed E-state index contributed by atoms with van der Waals surface area (Å²) in [5.74, 6) is 0.575. The third-order valence-electron chi connectivity index (χ3n) is 4.29. The van der Waals surface area contributed by atoms with Crippen LogP contribution in [0.25, 0.3) is 11.4 Å². The molecule has 1 amide bonds. The molecule has 0 saturated heterocycles. The van der Waals surface area contributed by atoms with E-state index < -0.39 is 0 Å². The lowest BCUT2D eigenvalue weighted by Gasteiger charge is -2.21. The summed E-state index contributed by atoms with van der Waals surface area (Å²) in [6.45, 7) is 7.14. The fourth-order valence-corrected chi connectivity index (χ4v) is 3.70. The van der Waals surface area contributed by atoms with Crippen molar-refractivity contribution in [2.45, 2.75) is 25.2 Å². The maximum atomic E-state index is 13.4. The summed E-state index contributed by atoms with van der Waals surface area (Å²) in [4.78, 5) is 18.4. The largest absolute Gasteiger partial charge is 0.338 e. The normalized spacial score (nSPS) is 10.7. The lowest BCUT2D eigenvalue weighted by molar-refractivity contribution is -0.128. The van der Waals surface area contributed by atoms with Gasteiger partial charge in [0.05, 0.1) is 5.75 Å². The zero-order valence-corrected chi connectivity index (χ0v) is 17.0. The average molecular weight is 412 g/mol. The molecule has 1 aromatic carbocycles. The van der Waals surface area contributed by atoms with Gasteiger partial charge in [-0.2, -0.15) is 0 Å². The molecule has 0 fully saturated rings. The van der Waals surface area contributed by atoms with Gasteiger partial charge in [-0.1, -0.05) is 30.0 Å². The lowest BCUT2D eigenvalue weighted by Crippen LogP contribution is -2.31. The maximum Gasteiger partial charge on any atom is 0.233 e. The van der Waals surface area contributed by atoms with Crippen LogP contribution in [0.3, 0.4) is 0 Å². The topological polar surface area (TPSA) is 63.9 Å². The molecular formula is C21H22FN5OS. The van der Waals surface area contributed by atoms with Gasteiger partial charge in [-0.3, -0.25) is 14.3 Å². The van der Waals surface area contributed by atoms with E-state index >= 15 is 0 Å². The van der Waals surface area contributed by atoms with Crippen molar-refractivity contribution in [2.75, 3.05) is 12.3 Å². The van der Waals surface area contributed by atoms with E-state index in [0.717, 1.165) is 11.1 Å². The smallest absolute Gasteiger partial charge is 0.233 e. The summed E-state index contributed by atoms with van der Waals surface area (Å²) in [6.07, 6.45) is 5.16. The highest BCUT2D eigenvalue weighted by Gasteiger charge is 2.17. The Labute approximate surface area is 173 Å². The predicted molar refractivity (Wildman–Crippen MR) is 112 cm³/mol. The van der Waals surface area contributed by atoms with Crippen molar-refractivity contribution in [2.24, 2.45) is 0 Å².